The molecule has 1 aliphatic carbocycles. The predicted octanol–water partition coefficient (Wildman–Crippen LogP) is 4.72. The van der Waals surface area contributed by atoms with Crippen molar-refractivity contribution >= 4 is 17.7 Å². The van der Waals surface area contributed by atoms with Crippen molar-refractivity contribution in [1.82, 2.24) is 4.90 Å². The van der Waals surface area contributed by atoms with Crippen LogP contribution in [0.2, 0.25) is 0 Å². The highest BCUT2D eigenvalue weighted by atomic mass is 16.5. The maximum absolute atomic E-state index is 12.6. The van der Waals surface area contributed by atoms with Crippen LogP contribution in [-0.4, -0.2) is 42.8 Å². The van der Waals surface area contributed by atoms with Crippen LogP contribution < -0.4 is 0 Å². The molecular weight excluding hydrogens is 390 g/mol. The summed E-state index contributed by atoms with van der Waals surface area (Å²) in [6.07, 6.45) is 12.9. The van der Waals surface area contributed by atoms with Gasteiger partial charge in [-0.05, 0) is 56.3 Å². The van der Waals surface area contributed by atoms with Gasteiger partial charge in [-0.2, -0.15) is 0 Å². The number of hydrogen-bond donors (Lipinski definition) is 0. The van der Waals surface area contributed by atoms with Crippen LogP contribution in [0.5, 0.6) is 0 Å². The highest BCUT2D eigenvalue weighted by Gasteiger charge is 2.26. The van der Waals surface area contributed by atoms with Gasteiger partial charge in [-0.15, -0.1) is 0 Å². The third kappa shape index (κ3) is 6.91. The fourth-order valence-corrected chi connectivity index (χ4v) is 3.96. The minimum Gasteiger partial charge on any atom is -0.465 e. The second-order valence-electron chi connectivity index (χ2n) is 8.43. The molecule has 2 unspecified atom stereocenters. The van der Waals surface area contributed by atoms with Gasteiger partial charge in [0, 0.05) is 25.4 Å². The molecular formula is C26H35NO4. The van der Waals surface area contributed by atoms with Gasteiger partial charge in [0.2, 0.25) is 5.91 Å². The van der Waals surface area contributed by atoms with Gasteiger partial charge in [0.1, 0.15) is 0 Å². The molecule has 5 heteroatoms. The van der Waals surface area contributed by atoms with Crippen molar-refractivity contribution in [3.05, 3.63) is 59.3 Å². The van der Waals surface area contributed by atoms with Gasteiger partial charge >= 0.3 is 5.97 Å². The number of nitrogens with zero attached hydrogens (tertiary/aromatic N) is 1. The van der Waals surface area contributed by atoms with Crippen LogP contribution in [0.1, 0.15) is 52.9 Å². The summed E-state index contributed by atoms with van der Waals surface area (Å²) in [6, 6.07) is 0. The fourth-order valence-electron chi connectivity index (χ4n) is 3.96. The zero-order valence-electron chi connectivity index (χ0n) is 19.3. The van der Waals surface area contributed by atoms with E-state index in [1.54, 1.807) is 6.08 Å². The van der Waals surface area contributed by atoms with Crippen LogP contribution >= 0.6 is 0 Å². The molecule has 0 aromatic heterocycles. The molecule has 1 amide bonds. The highest BCUT2D eigenvalue weighted by Crippen LogP contribution is 2.27. The quantitative estimate of drug-likeness (QED) is 0.396. The third-order valence-electron chi connectivity index (χ3n) is 6.12. The Bertz CT molecular complexity index is 843. The summed E-state index contributed by atoms with van der Waals surface area (Å²) in [5, 5.41) is 0. The molecule has 1 saturated heterocycles. The Balaban J connectivity index is 2.05. The summed E-state index contributed by atoms with van der Waals surface area (Å²) in [4.78, 5) is 38.3. The zero-order chi connectivity index (χ0) is 23.0. The van der Waals surface area contributed by atoms with Crippen molar-refractivity contribution in [2.75, 3.05) is 20.2 Å². The van der Waals surface area contributed by atoms with Gasteiger partial charge in [-0.3, -0.25) is 9.59 Å². The van der Waals surface area contributed by atoms with Crippen LogP contribution in [0, 0.1) is 11.8 Å². The Morgan fingerprint density at radius 3 is 2.65 bits per heavy atom. The van der Waals surface area contributed by atoms with Crippen molar-refractivity contribution in [1.29, 1.82) is 0 Å². The van der Waals surface area contributed by atoms with Crippen LogP contribution in [0.4, 0.5) is 0 Å². The number of methoxy groups -OCH3 is 1. The Labute approximate surface area is 186 Å². The molecule has 0 aromatic carbocycles. The Hall–Kier alpha value is -2.69. The van der Waals surface area contributed by atoms with E-state index in [-0.39, 0.29) is 23.5 Å². The highest BCUT2D eigenvalue weighted by molar-refractivity contribution is 5.98. The number of amides is 1. The van der Waals surface area contributed by atoms with Crippen LogP contribution in [0.3, 0.4) is 0 Å². The summed E-state index contributed by atoms with van der Waals surface area (Å²) >= 11 is 0. The minimum atomic E-state index is -0.419. The van der Waals surface area contributed by atoms with Crippen molar-refractivity contribution in [2.45, 2.75) is 52.9 Å². The van der Waals surface area contributed by atoms with Crippen LogP contribution in [0.25, 0.3) is 0 Å². The van der Waals surface area contributed by atoms with E-state index in [4.69, 9.17) is 4.74 Å². The number of hydrogen-bond acceptors (Lipinski definition) is 4. The molecule has 0 spiro atoms. The van der Waals surface area contributed by atoms with E-state index >= 15 is 0 Å². The summed E-state index contributed by atoms with van der Waals surface area (Å²) in [5.74, 6) is -0.380. The second kappa shape index (κ2) is 11.6. The van der Waals surface area contributed by atoms with E-state index in [1.165, 1.54) is 18.8 Å². The van der Waals surface area contributed by atoms with E-state index in [1.807, 2.05) is 17.9 Å². The average Bonchev–Trinajstić information content (AvgIpc) is 3.10. The number of rotatable bonds is 9. The first-order valence-electron chi connectivity index (χ1n) is 11.1. The van der Waals surface area contributed by atoms with Crippen LogP contribution in [0.15, 0.2) is 59.3 Å². The molecule has 1 fully saturated rings. The number of ether oxygens (including phenoxy) is 1. The van der Waals surface area contributed by atoms with Crippen molar-refractivity contribution in [2.24, 2.45) is 11.8 Å². The summed E-state index contributed by atoms with van der Waals surface area (Å²) < 4.78 is 4.78. The third-order valence-corrected chi connectivity index (χ3v) is 6.12. The van der Waals surface area contributed by atoms with Crippen molar-refractivity contribution in [3.8, 4) is 0 Å². The SMILES string of the molecule is C=C(CC)C(=CC=C(C)CCC1C(=O)C=CC(C(=O)OC)=CC1C)CN1CCCC1=O. The number of esters is 1. The predicted molar refractivity (Wildman–Crippen MR) is 123 cm³/mol. The lowest BCUT2D eigenvalue weighted by atomic mass is 9.85. The van der Waals surface area contributed by atoms with E-state index in [9.17, 15) is 14.4 Å². The smallest absolute Gasteiger partial charge is 0.337 e. The summed E-state index contributed by atoms with van der Waals surface area (Å²) in [5.41, 5.74) is 3.73. The van der Waals surface area contributed by atoms with Crippen LogP contribution in [-0.2, 0) is 19.1 Å². The molecule has 0 N–H and O–H groups in total. The fraction of sp³-hybridized carbons (Fsp3) is 0.500. The Morgan fingerprint density at radius 1 is 1.29 bits per heavy atom. The van der Waals surface area contributed by atoms with Gasteiger partial charge < -0.3 is 9.64 Å². The average molecular weight is 426 g/mol. The summed E-state index contributed by atoms with van der Waals surface area (Å²) in [6.45, 7) is 11.7. The minimum absolute atomic E-state index is 0.0404. The first-order valence-corrected chi connectivity index (χ1v) is 11.1. The van der Waals surface area contributed by atoms with Gasteiger partial charge in [-0.25, -0.2) is 4.79 Å². The molecule has 2 atom stereocenters. The van der Waals surface area contributed by atoms with Gasteiger partial charge in [0.05, 0.1) is 12.7 Å². The largest absolute Gasteiger partial charge is 0.465 e. The lowest BCUT2D eigenvalue weighted by molar-refractivity contribution is -0.135. The maximum Gasteiger partial charge on any atom is 0.337 e. The summed E-state index contributed by atoms with van der Waals surface area (Å²) in [7, 11) is 1.34. The molecule has 5 nitrogen and oxygen atoms in total. The molecule has 2 rings (SSSR count). The number of allylic oxidation sites excluding steroid dienone is 5. The Morgan fingerprint density at radius 2 is 2.03 bits per heavy atom. The van der Waals surface area contributed by atoms with Gasteiger partial charge in [0.15, 0.2) is 5.78 Å². The van der Waals surface area contributed by atoms with Crippen molar-refractivity contribution in [3.63, 3.8) is 0 Å². The molecule has 168 valence electrons. The normalized spacial score (nSPS) is 22.5. The monoisotopic (exact) mass is 425 g/mol. The number of ketones is 1. The Kier molecular flexibility index (Phi) is 9.22. The standard InChI is InChI=1S/C26H35NO4/c1-6-19(3)22(17-27-15-7-8-25(27)29)11-9-18(2)10-13-23-20(4)16-21(26(30)31-5)12-14-24(23)28/h9,11-12,14,16,20,23H,3,6-8,10,13,15,17H2,1-2,4-5H3. The topological polar surface area (TPSA) is 63.7 Å². The molecule has 0 saturated carbocycles. The second-order valence-corrected chi connectivity index (χ2v) is 8.43. The van der Waals surface area contributed by atoms with Gasteiger partial charge in [-0.1, -0.05) is 49.8 Å². The van der Waals surface area contributed by atoms with Gasteiger partial charge in [0.25, 0.3) is 0 Å². The van der Waals surface area contributed by atoms with E-state index in [2.05, 4.69) is 32.6 Å². The molecule has 0 radical (unpaired) electrons. The molecule has 2 aliphatic rings. The first-order chi connectivity index (χ1) is 14.8. The lowest BCUT2D eigenvalue weighted by Crippen LogP contribution is -2.27. The zero-order valence-corrected chi connectivity index (χ0v) is 19.3. The first kappa shape index (κ1) is 24.6. The number of carbonyl (C=O) groups excluding carboxylic acids is 3. The maximum atomic E-state index is 12.6. The molecule has 1 aliphatic heterocycles. The molecule has 31 heavy (non-hydrogen) atoms. The number of carbonyl (C=O) groups is 3. The molecule has 1 heterocycles. The van der Waals surface area contributed by atoms with E-state index < -0.39 is 5.97 Å². The lowest BCUT2D eigenvalue weighted by Gasteiger charge is -2.19. The number of likely N-dealkylation sites (tertiary alicyclic amines) is 1. The van der Waals surface area contributed by atoms with E-state index in [0.29, 0.717) is 25.0 Å². The van der Waals surface area contributed by atoms with E-state index in [0.717, 1.165) is 37.0 Å². The molecule has 0 bridgehead atoms. The molecule has 0 aromatic rings. The van der Waals surface area contributed by atoms with Crippen molar-refractivity contribution < 1.29 is 19.1 Å².